The summed E-state index contributed by atoms with van der Waals surface area (Å²) in [5, 5.41) is 2.18. The minimum absolute atomic E-state index is 0.0785. The molecule has 0 radical (unpaired) electrons. The summed E-state index contributed by atoms with van der Waals surface area (Å²) in [6, 6.07) is 3.77. The Morgan fingerprint density at radius 3 is 2.67 bits per heavy atom. The summed E-state index contributed by atoms with van der Waals surface area (Å²) in [6.45, 7) is 3.21. The van der Waals surface area contributed by atoms with Gasteiger partial charge in [-0.25, -0.2) is 4.39 Å². The fraction of sp³-hybridized carbons (Fsp3) is 0. The van der Waals surface area contributed by atoms with Gasteiger partial charge >= 0.3 is 0 Å². The van der Waals surface area contributed by atoms with Crippen molar-refractivity contribution in [3.05, 3.63) is 42.2 Å². The van der Waals surface area contributed by atoms with Crippen LogP contribution < -0.4 is 11.1 Å². The quantitative estimate of drug-likeness (QED) is 0.728. The average Bonchev–Trinajstić information content (AvgIpc) is 2.20. The Labute approximate surface area is 85.6 Å². The smallest absolute Gasteiger partial charge is 0.250 e. The normalized spacial score (nSPS) is 9.40. The highest BCUT2D eigenvalue weighted by Gasteiger charge is 2.13. The number of anilines is 1. The summed E-state index contributed by atoms with van der Waals surface area (Å²) in [5.41, 5.74) is 4.71. The van der Waals surface area contributed by atoms with Crippen LogP contribution in [0.4, 0.5) is 10.1 Å². The van der Waals surface area contributed by atoms with E-state index < -0.39 is 17.6 Å². The molecule has 0 saturated heterocycles. The number of hydrogen-bond acceptors (Lipinski definition) is 2. The Bertz CT molecular complexity index is 429. The number of nitrogens with one attached hydrogen (secondary N) is 1. The van der Waals surface area contributed by atoms with Gasteiger partial charge in [0.1, 0.15) is 5.82 Å². The van der Waals surface area contributed by atoms with Crippen LogP contribution in [-0.2, 0) is 4.79 Å². The first kappa shape index (κ1) is 10.9. The summed E-state index contributed by atoms with van der Waals surface area (Å²) in [4.78, 5) is 21.9. The third-order valence-electron chi connectivity index (χ3n) is 1.71. The molecule has 0 heterocycles. The van der Waals surface area contributed by atoms with Crippen LogP contribution >= 0.6 is 0 Å². The number of hydrogen-bond donors (Lipinski definition) is 2. The lowest BCUT2D eigenvalue weighted by Gasteiger charge is -2.07. The molecule has 78 valence electrons. The van der Waals surface area contributed by atoms with Crippen LogP contribution in [0.15, 0.2) is 30.9 Å². The van der Waals surface area contributed by atoms with Gasteiger partial charge in [-0.05, 0) is 18.2 Å². The summed E-state index contributed by atoms with van der Waals surface area (Å²) in [7, 11) is 0. The zero-order chi connectivity index (χ0) is 11.4. The first-order valence-corrected chi connectivity index (χ1v) is 4.08. The summed E-state index contributed by atoms with van der Waals surface area (Å²) >= 11 is 0. The molecule has 0 bridgehead atoms. The lowest BCUT2D eigenvalue weighted by atomic mass is 10.1. The van der Waals surface area contributed by atoms with Gasteiger partial charge in [-0.15, -0.1) is 0 Å². The molecule has 0 spiro atoms. The zero-order valence-electron chi connectivity index (χ0n) is 7.79. The van der Waals surface area contributed by atoms with E-state index in [1.807, 2.05) is 0 Å². The molecule has 5 heteroatoms. The molecule has 0 aliphatic carbocycles. The second-order valence-corrected chi connectivity index (χ2v) is 2.72. The number of nitrogens with two attached hydrogens (primary N) is 1. The van der Waals surface area contributed by atoms with Crippen LogP contribution in [0, 0.1) is 5.82 Å². The second kappa shape index (κ2) is 4.36. The van der Waals surface area contributed by atoms with Crippen LogP contribution in [0.25, 0.3) is 0 Å². The van der Waals surface area contributed by atoms with E-state index in [0.29, 0.717) is 0 Å². The lowest BCUT2D eigenvalue weighted by molar-refractivity contribution is -0.111. The predicted molar refractivity (Wildman–Crippen MR) is 53.7 cm³/mol. The van der Waals surface area contributed by atoms with Crippen molar-refractivity contribution in [3.8, 4) is 0 Å². The maximum atomic E-state index is 13.3. The number of rotatable bonds is 3. The van der Waals surface area contributed by atoms with Crippen molar-refractivity contribution in [2.45, 2.75) is 0 Å². The molecule has 2 amide bonds. The first-order valence-electron chi connectivity index (χ1n) is 4.08. The zero-order valence-corrected chi connectivity index (χ0v) is 7.79. The van der Waals surface area contributed by atoms with E-state index in [9.17, 15) is 14.0 Å². The van der Waals surface area contributed by atoms with E-state index in [1.165, 1.54) is 12.1 Å². The van der Waals surface area contributed by atoms with Crippen LogP contribution in [-0.4, -0.2) is 11.8 Å². The molecule has 0 unspecified atom stereocenters. The minimum Gasteiger partial charge on any atom is -0.366 e. The molecule has 0 aliphatic heterocycles. The molecule has 0 fully saturated rings. The number of primary amides is 1. The Hall–Kier alpha value is -2.17. The van der Waals surface area contributed by atoms with Gasteiger partial charge in [-0.2, -0.15) is 0 Å². The summed E-state index contributed by atoms with van der Waals surface area (Å²) in [6.07, 6.45) is 0.969. The number of benzene rings is 1. The molecule has 0 aliphatic rings. The molecule has 0 atom stereocenters. The number of carbonyl (C=O) groups is 2. The molecule has 1 aromatic rings. The van der Waals surface area contributed by atoms with E-state index in [2.05, 4.69) is 11.9 Å². The van der Waals surface area contributed by atoms with Crippen LogP contribution in [0.1, 0.15) is 10.4 Å². The number of amides is 2. The van der Waals surface area contributed by atoms with Crippen LogP contribution in [0.5, 0.6) is 0 Å². The van der Waals surface area contributed by atoms with E-state index in [4.69, 9.17) is 5.73 Å². The maximum absolute atomic E-state index is 13.3. The molecular weight excluding hydrogens is 199 g/mol. The second-order valence-electron chi connectivity index (χ2n) is 2.72. The fourth-order valence-corrected chi connectivity index (χ4v) is 1.03. The van der Waals surface area contributed by atoms with Crippen molar-refractivity contribution in [2.75, 3.05) is 5.32 Å². The standard InChI is InChI=1S/C10H9FN2O2/c1-2-8(14)13-9-6(10(12)15)4-3-5-7(9)11/h2-5H,1H2,(H2,12,15)(H,13,14). The highest BCUT2D eigenvalue weighted by molar-refractivity contribution is 6.05. The van der Waals surface area contributed by atoms with Crippen molar-refractivity contribution in [1.82, 2.24) is 0 Å². The SMILES string of the molecule is C=CC(=O)Nc1c(F)cccc1C(N)=O. The third kappa shape index (κ3) is 2.40. The molecule has 1 rings (SSSR count). The maximum Gasteiger partial charge on any atom is 0.250 e. The van der Waals surface area contributed by atoms with Gasteiger partial charge in [0.15, 0.2) is 0 Å². The molecule has 0 saturated carbocycles. The van der Waals surface area contributed by atoms with Crippen molar-refractivity contribution in [1.29, 1.82) is 0 Å². The van der Waals surface area contributed by atoms with Gasteiger partial charge in [-0.1, -0.05) is 12.6 Å². The highest BCUT2D eigenvalue weighted by Crippen LogP contribution is 2.19. The number of para-hydroxylation sites is 1. The molecule has 3 N–H and O–H groups in total. The first-order chi connectivity index (χ1) is 7.06. The fourth-order valence-electron chi connectivity index (χ4n) is 1.03. The molecular formula is C10H9FN2O2. The molecule has 15 heavy (non-hydrogen) atoms. The van der Waals surface area contributed by atoms with E-state index in [-0.39, 0.29) is 11.3 Å². The minimum atomic E-state index is -0.811. The monoisotopic (exact) mass is 208 g/mol. The Morgan fingerprint density at radius 1 is 1.47 bits per heavy atom. The number of carbonyl (C=O) groups excluding carboxylic acids is 2. The van der Waals surface area contributed by atoms with Gasteiger partial charge in [0.25, 0.3) is 5.91 Å². The average molecular weight is 208 g/mol. The van der Waals surface area contributed by atoms with Gasteiger partial charge < -0.3 is 11.1 Å². The molecule has 4 nitrogen and oxygen atoms in total. The van der Waals surface area contributed by atoms with Crippen molar-refractivity contribution in [2.24, 2.45) is 5.73 Å². The Kier molecular flexibility index (Phi) is 3.17. The van der Waals surface area contributed by atoms with Gasteiger partial charge in [0.2, 0.25) is 5.91 Å². The predicted octanol–water partition coefficient (Wildman–Crippen LogP) is 1.05. The molecule has 1 aromatic carbocycles. The van der Waals surface area contributed by atoms with Gasteiger partial charge in [0, 0.05) is 0 Å². The van der Waals surface area contributed by atoms with Crippen LogP contribution in [0.3, 0.4) is 0 Å². The topological polar surface area (TPSA) is 72.2 Å². The Balaban J connectivity index is 3.18. The number of halogens is 1. The van der Waals surface area contributed by atoms with E-state index in [0.717, 1.165) is 12.1 Å². The van der Waals surface area contributed by atoms with Gasteiger partial charge in [0.05, 0.1) is 11.3 Å². The summed E-state index contributed by atoms with van der Waals surface area (Å²) < 4.78 is 13.3. The molecule has 0 aromatic heterocycles. The van der Waals surface area contributed by atoms with Crippen molar-refractivity contribution in [3.63, 3.8) is 0 Å². The van der Waals surface area contributed by atoms with E-state index >= 15 is 0 Å². The van der Waals surface area contributed by atoms with Crippen molar-refractivity contribution >= 4 is 17.5 Å². The Morgan fingerprint density at radius 2 is 2.13 bits per heavy atom. The van der Waals surface area contributed by atoms with Crippen molar-refractivity contribution < 1.29 is 14.0 Å². The van der Waals surface area contributed by atoms with Crippen LogP contribution in [0.2, 0.25) is 0 Å². The largest absolute Gasteiger partial charge is 0.366 e. The lowest BCUT2D eigenvalue weighted by Crippen LogP contribution is -2.17. The third-order valence-corrected chi connectivity index (χ3v) is 1.71. The van der Waals surface area contributed by atoms with Gasteiger partial charge in [-0.3, -0.25) is 9.59 Å². The highest BCUT2D eigenvalue weighted by atomic mass is 19.1. The van der Waals surface area contributed by atoms with E-state index in [1.54, 1.807) is 0 Å². The summed E-state index contributed by atoms with van der Waals surface area (Å²) in [5.74, 6) is -2.14.